The van der Waals surface area contributed by atoms with Gasteiger partial charge in [0.05, 0.1) is 14.4 Å². The van der Waals surface area contributed by atoms with Gasteiger partial charge in [0.15, 0.2) is 34.4 Å². The number of thiophene rings is 1. The van der Waals surface area contributed by atoms with Crippen LogP contribution in [0.5, 0.6) is 11.5 Å². The largest absolute Gasteiger partial charge is 0.485 e. The minimum absolute atomic E-state index is 0.0570. The number of aromatic nitrogens is 3. The molecule has 0 saturated heterocycles. The van der Waals surface area contributed by atoms with Gasteiger partial charge in [0.25, 0.3) is 0 Å². The lowest BCUT2D eigenvalue weighted by atomic mass is 10.2. The number of carbonyl (C=O) groups excluding carboxylic acids is 1. The van der Waals surface area contributed by atoms with E-state index >= 15 is 0 Å². The van der Waals surface area contributed by atoms with Gasteiger partial charge in [-0.15, -0.1) is 28.1 Å². The topological polar surface area (TPSA) is 66.2 Å². The van der Waals surface area contributed by atoms with Crippen LogP contribution in [0.1, 0.15) is 21.6 Å². The van der Waals surface area contributed by atoms with Crippen molar-refractivity contribution in [2.24, 2.45) is 0 Å². The molecule has 6 nitrogen and oxygen atoms in total. The van der Waals surface area contributed by atoms with Crippen LogP contribution >= 0.6 is 39.0 Å². The number of benzene rings is 1. The molecule has 0 spiro atoms. The summed E-state index contributed by atoms with van der Waals surface area (Å²) in [5, 5.41) is 9.23. The summed E-state index contributed by atoms with van der Waals surface area (Å²) in [6, 6.07) is 11.2. The highest BCUT2D eigenvalue weighted by atomic mass is 79.9. The highest BCUT2D eigenvalue weighted by molar-refractivity contribution is 9.11. The van der Waals surface area contributed by atoms with Gasteiger partial charge in [-0.2, -0.15) is 0 Å². The van der Waals surface area contributed by atoms with Gasteiger partial charge < -0.3 is 9.47 Å². The van der Waals surface area contributed by atoms with Crippen molar-refractivity contribution in [1.29, 1.82) is 0 Å². The third kappa shape index (κ3) is 4.01. The quantitative estimate of drug-likeness (QED) is 0.277. The van der Waals surface area contributed by atoms with Gasteiger partial charge in [-0.25, -0.2) is 0 Å². The first-order valence-electron chi connectivity index (χ1n) is 8.49. The number of ether oxygens (including phenoxy) is 2. The Morgan fingerprint density at radius 1 is 1.32 bits per heavy atom. The molecule has 1 aromatic carbocycles. The summed E-state index contributed by atoms with van der Waals surface area (Å²) in [5.41, 5.74) is 0. The Bertz CT molecular complexity index is 1020. The summed E-state index contributed by atoms with van der Waals surface area (Å²) >= 11 is 6.17. The molecule has 3 aromatic rings. The van der Waals surface area contributed by atoms with Crippen LogP contribution in [-0.4, -0.2) is 32.9 Å². The van der Waals surface area contributed by atoms with E-state index in [0.717, 1.165) is 14.4 Å². The number of allylic oxidation sites excluding steroid dienone is 1. The van der Waals surface area contributed by atoms with Crippen molar-refractivity contribution < 1.29 is 14.3 Å². The lowest BCUT2D eigenvalue weighted by Gasteiger charge is -2.26. The average molecular weight is 478 g/mol. The van der Waals surface area contributed by atoms with Crippen molar-refractivity contribution in [3.05, 3.63) is 63.5 Å². The Hall–Kier alpha value is -2.10. The van der Waals surface area contributed by atoms with Gasteiger partial charge in [0.2, 0.25) is 0 Å². The number of ketones is 1. The van der Waals surface area contributed by atoms with E-state index in [1.165, 1.54) is 23.1 Å². The van der Waals surface area contributed by atoms with E-state index in [1.54, 1.807) is 6.08 Å². The summed E-state index contributed by atoms with van der Waals surface area (Å²) in [6.45, 7) is 4.68. The van der Waals surface area contributed by atoms with E-state index in [2.05, 4.69) is 32.7 Å². The van der Waals surface area contributed by atoms with Crippen molar-refractivity contribution in [2.75, 3.05) is 12.4 Å². The fourth-order valence-electron chi connectivity index (χ4n) is 2.76. The highest BCUT2D eigenvalue weighted by Crippen LogP contribution is 2.36. The van der Waals surface area contributed by atoms with E-state index in [4.69, 9.17) is 9.47 Å². The van der Waals surface area contributed by atoms with Crippen molar-refractivity contribution in [2.45, 2.75) is 17.8 Å². The van der Waals surface area contributed by atoms with Crippen molar-refractivity contribution in [1.82, 2.24) is 14.8 Å². The fourth-order valence-corrected chi connectivity index (χ4v) is 5.01. The second-order valence-electron chi connectivity index (χ2n) is 5.92. The molecule has 2 aromatic heterocycles. The Balaban J connectivity index is 1.51. The third-order valence-corrected chi connectivity index (χ3v) is 6.67. The van der Waals surface area contributed by atoms with Crippen molar-refractivity contribution in [3.8, 4) is 11.5 Å². The third-order valence-electron chi connectivity index (χ3n) is 4.03. The predicted octanol–water partition coefficient (Wildman–Crippen LogP) is 4.78. The SMILES string of the molecule is C=CCn1c(SCC(=O)c2ccc(Br)s2)nnc1[C@H]1COc2ccccc2O1. The molecular formula is C19H16BrN3O3S2. The minimum atomic E-state index is -0.374. The summed E-state index contributed by atoms with van der Waals surface area (Å²) in [7, 11) is 0. The van der Waals surface area contributed by atoms with Crippen LogP contribution in [0, 0.1) is 0 Å². The molecule has 0 fully saturated rings. The standard InChI is InChI=1S/C19H16BrN3O3S2/c1-2-9-23-18(15-10-25-13-5-3-4-6-14(13)26-15)21-22-19(23)27-11-12(24)16-7-8-17(20)28-16/h2-8,15H,1,9-11H2/t15-/m1/s1. The molecular weight excluding hydrogens is 462 g/mol. The number of halogens is 1. The summed E-state index contributed by atoms with van der Waals surface area (Å²) in [4.78, 5) is 13.1. The van der Waals surface area contributed by atoms with E-state index in [0.29, 0.717) is 29.9 Å². The van der Waals surface area contributed by atoms with Crippen LogP contribution in [0.15, 0.2) is 58.0 Å². The molecule has 1 atom stereocenters. The summed E-state index contributed by atoms with van der Waals surface area (Å²) < 4.78 is 14.7. The van der Waals surface area contributed by atoms with Crippen LogP contribution < -0.4 is 9.47 Å². The Morgan fingerprint density at radius 3 is 2.89 bits per heavy atom. The second-order valence-corrected chi connectivity index (χ2v) is 9.33. The molecule has 1 aliphatic heterocycles. The normalized spacial score (nSPS) is 15.4. The van der Waals surface area contributed by atoms with Gasteiger partial charge in [-0.05, 0) is 40.2 Å². The fraction of sp³-hybridized carbons (Fsp3) is 0.211. The molecule has 1 aliphatic rings. The first-order chi connectivity index (χ1) is 13.7. The molecule has 144 valence electrons. The van der Waals surface area contributed by atoms with Crippen LogP contribution in [0.3, 0.4) is 0 Å². The molecule has 9 heteroatoms. The number of nitrogens with zero attached hydrogens (tertiary/aromatic N) is 3. The number of hydrogen-bond acceptors (Lipinski definition) is 7. The number of para-hydroxylation sites is 2. The lowest BCUT2D eigenvalue weighted by Crippen LogP contribution is -2.25. The van der Waals surface area contributed by atoms with Gasteiger partial charge in [-0.1, -0.05) is 30.0 Å². The second kappa shape index (κ2) is 8.50. The molecule has 28 heavy (non-hydrogen) atoms. The first-order valence-corrected chi connectivity index (χ1v) is 11.1. The summed E-state index contributed by atoms with van der Waals surface area (Å²) in [5.74, 6) is 2.40. The molecule has 4 rings (SSSR count). The molecule has 0 radical (unpaired) electrons. The van der Waals surface area contributed by atoms with Crippen molar-refractivity contribution in [3.63, 3.8) is 0 Å². The zero-order valence-corrected chi connectivity index (χ0v) is 17.9. The highest BCUT2D eigenvalue weighted by Gasteiger charge is 2.28. The van der Waals surface area contributed by atoms with Crippen LogP contribution in [0.4, 0.5) is 0 Å². The van der Waals surface area contributed by atoms with E-state index < -0.39 is 0 Å². The first kappa shape index (κ1) is 19.2. The molecule has 0 N–H and O–H groups in total. The maximum absolute atomic E-state index is 12.4. The minimum Gasteiger partial charge on any atom is -0.485 e. The maximum Gasteiger partial charge on any atom is 0.192 e. The number of fused-ring (bicyclic) bond motifs is 1. The molecule has 0 aliphatic carbocycles. The van der Waals surface area contributed by atoms with Gasteiger partial charge in [-0.3, -0.25) is 9.36 Å². The van der Waals surface area contributed by atoms with E-state index in [-0.39, 0.29) is 17.6 Å². The summed E-state index contributed by atoms with van der Waals surface area (Å²) in [6.07, 6.45) is 1.40. The number of Topliss-reactive ketones (excluding diaryl/α,β-unsaturated/α-hetero) is 1. The Labute approximate surface area is 178 Å². The molecule has 0 amide bonds. The maximum atomic E-state index is 12.4. The van der Waals surface area contributed by atoms with Crippen molar-refractivity contribution >= 4 is 44.8 Å². The van der Waals surface area contributed by atoms with Gasteiger partial charge in [0.1, 0.15) is 6.61 Å². The zero-order valence-electron chi connectivity index (χ0n) is 14.7. The number of hydrogen-bond donors (Lipinski definition) is 0. The smallest absolute Gasteiger partial charge is 0.192 e. The van der Waals surface area contributed by atoms with Crippen LogP contribution in [0.2, 0.25) is 0 Å². The molecule has 0 bridgehead atoms. The monoisotopic (exact) mass is 477 g/mol. The average Bonchev–Trinajstić information content (AvgIpc) is 3.32. The van der Waals surface area contributed by atoms with Crippen LogP contribution in [0.25, 0.3) is 0 Å². The van der Waals surface area contributed by atoms with E-state index in [9.17, 15) is 4.79 Å². The van der Waals surface area contributed by atoms with E-state index in [1.807, 2.05) is 41.0 Å². The number of thioether (sulfide) groups is 1. The number of carbonyl (C=O) groups is 1. The zero-order chi connectivity index (χ0) is 19.5. The Morgan fingerprint density at radius 2 is 2.14 bits per heavy atom. The van der Waals surface area contributed by atoms with Gasteiger partial charge in [0, 0.05) is 6.54 Å². The lowest BCUT2D eigenvalue weighted by molar-refractivity contribution is 0.0821. The Kier molecular flexibility index (Phi) is 5.84. The van der Waals surface area contributed by atoms with Crippen LogP contribution in [-0.2, 0) is 6.54 Å². The number of rotatable bonds is 7. The molecule has 0 unspecified atom stereocenters. The predicted molar refractivity (Wildman–Crippen MR) is 113 cm³/mol. The molecule has 0 saturated carbocycles. The molecule has 3 heterocycles. The van der Waals surface area contributed by atoms with Gasteiger partial charge >= 0.3 is 0 Å².